The van der Waals surface area contributed by atoms with Gasteiger partial charge in [-0.25, -0.2) is 0 Å². The first-order valence-corrected chi connectivity index (χ1v) is 6.50. The molecule has 0 N–H and O–H groups in total. The molecule has 0 aliphatic carbocycles. The second-order valence-electron chi connectivity index (χ2n) is 3.52. The minimum absolute atomic E-state index is 0.136. The molecule has 0 aliphatic rings. The topological polar surface area (TPSA) is 78.9 Å². The van der Waals surface area contributed by atoms with Gasteiger partial charge in [0.15, 0.2) is 6.29 Å². The first-order chi connectivity index (χ1) is 9.10. The summed E-state index contributed by atoms with van der Waals surface area (Å²) in [5, 5.41) is 0. The summed E-state index contributed by atoms with van der Waals surface area (Å²) in [5.74, 6) is -0.294. The van der Waals surface area contributed by atoms with E-state index in [1.165, 1.54) is 0 Å². The zero-order chi connectivity index (χ0) is 15.1. The Hall–Kier alpha value is -1.23. The normalized spacial score (nSPS) is 11.2. The van der Waals surface area contributed by atoms with Crippen molar-refractivity contribution in [3.8, 4) is 0 Å². The summed E-state index contributed by atoms with van der Waals surface area (Å²) in [6, 6.07) is 0. The van der Waals surface area contributed by atoms with Gasteiger partial charge in [-0.05, 0) is 27.2 Å². The van der Waals surface area contributed by atoms with E-state index in [0.29, 0.717) is 26.2 Å². The van der Waals surface area contributed by atoms with Crippen LogP contribution >= 0.6 is 0 Å². The van der Waals surface area contributed by atoms with E-state index in [1.807, 2.05) is 27.7 Å². The fraction of sp³-hybridized carbons (Fsp3) is 0.846. The van der Waals surface area contributed by atoms with E-state index < -0.39 is 0 Å². The maximum atomic E-state index is 11.6. The van der Waals surface area contributed by atoms with Crippen molar-refractivity contribution in [2.75, 3.05) is 19.8 Å². The largest absolute Gasteiger partial charge is 0.466 e. The molecule has 6 heteroatoms. The van der Waals surface area contributed by atoms with Crippen LogP contribution in [-0.4, -0.2) is 38.2 Å². The van der Waals surface area contributed by atoms with Crippen LogP contribution < -0.4 is 0 Å². The molecule has 0 aromatic heterocycles. The van der Waals surface area contributed by atoms with E-state index in [4.69, 9.17) is 23.8 Å². The minimum Gasteiger partial charge on any atom is -0.466 e. The summed E-state index contributed by atoms with van der Waals surface area (Å²) >= 11 is 0. The van der Waals surface area contributed by atoms with Gasteiger partial charge in [-0.1, -0.05) is 6.92 Å². The lowest BCUT2D eigenvalue weighted by Gasteiger charge is -2.21. The molecule has 6 nitrogen and oxygen atoms in total. The van der Waals surface area contributed by atoms with E-state index in [-0.39, 0.29) is 24.3 Å². The highest BCUT2D eigenvalue weighted by molar-refractivity contribution is 5.72. The van der Waals surface area contributed by atoms with E-state index in [1.54, 1.807) is 0 Å². The molecule has 0 heterocycles. The molecular formula is C13H24O6. The van der Waals surface area contributed by atoms with Crippen molar-refractivity contribution in [3.05, 3.63) is 0 Å². The molecule has 0 saturated heterocycles. The number of ether oxygens (including phenoxy) is 3. The van der Waals surface area contributed by atoms with Gasteiger partial charge in [0.1, 0.15) is 0 Å². The highest BCUT2D eigenvalue weighted by Crippen LogP contribution is 2.16. The first-order valence-electron chi connectivity index (χ1n) is 6.50. The summed E-state index contributed by atoms with van der Waals surface area (Å²) in [5.41, 5.74) is 0. The van der Waals surface area contributed by atoms with Crippen LogP contribution in [0.1, 0.15) is 40.5 Å². The molecule has 0 aromatic rings. The average molecular weight is 276 g/mol. The van der Waals surface area contributed by atoms with Crippen molar-refractivity contribution in [2.45, 2.75) is 46.8 Å². The van der Waals surface area contributed by atoms with Gasteiger partial charge in [0, 0.05) is 19.6 Å². The summed E-state index contributed by atoms with van der Waals surface area (Å²) in [6.07, 6.45) is 1.26. The Balaban J connectivity index is 0. The first kappa shape index (κ1) is 20.1. The Bertz CT molecular complexity index is 242. The van der Waals surface area contributed by atoms with Crippen LogP contribution in [0.15, 0.2) is 0 Å². The predicted octanol–water partition coefficient (Wildman–Crippen LogP) is 1.78. The molecule has 112 valence electrons. The molecule has 0 fully saturated rings. The highest BCUT2D eigenvalue weighted by Gasteiger charge is 2.23. The molecular weight excluding hydrogens is 252 g/mol. The molecule has 0 bridgehead atoms. The van der Waals surface area contributed by atoms with Crippen molar-refractivity contribution in [2.24, 2.45) is 5.92 Å². The van der Waals surface area contributed by atoms with Crippen LogP contribution in [0.4, 0.5) is 0 Å². The van der Waals surface area contributed by atoms with Crippen molar-refractivity contribution in [3.63, 3.8) is 0 Å². The smallest absolute Gasteiger partial charge is 0.373 e. The second kappa shape index (κ2) is 14.8. The van der Waals surface area contributed by atoms with Crippen molar-refractivity contribution < 1.29 is 28.6 Å². The van der Waals surface area contributed by atoms with Gasteiger partial charge in [0.05, 0.1) is 12.5 Å². The second-order valence-corrected chi connectivity index (χ2v) is 3.52. The fourth-order valence-corrected chi connectivity index (χ4v) is 1.48. The number of carbonyl (C=O) groups is 1. The molecule has 0 rings (SSSR count). The molecule has 19 heavy (non-hydrogen) atoms. The summed E-state index contributed by atoms with van der Waals surface area (Å²) in [6.45, 7) is 9.20. The standard InChI is InChI=1S/C12H24O4.CO2/c1-5-10(12(13)16-8-4)9-11(14-6-2)15-7-3;2-1-3/h10-11H,5-9H2,1-4H3;. The lowest BCUT2D eigenvalue weighted by Crippen LogP contribution is -2.26. The summed E-state index contributed by atoms with van der Waals surface area (Å²) in [7, 11) is 0. The molecule has 0 saturated carbocycles. The third kappa shape index (κ3) is 11.6. The fourth-order valence-electron chi connectivity index (χ4n) is 1.48. The van der Waals surface area contributed by atoms with Crippen molar-refractivity contribution >= 4 is 12.1 Å². The summed E-state index contributed by atoms with van der Waals surface area (Å²) < 4.78 is 15.8. The van der Waals surface area contributed by atoms with Crippen LogP contribution in [0.3, 0.4) is 0 Å². The molecule has 1 unspecified atom stereocenters. The maximum absolute atomic E-state index is 11.6. The van der Waals surface area contributed by atoms with Gasteiger partial charge in [-0.2, -0.15) is 9.59 Å². The zero-order valence-corrected chi connectivity index (χ0v) is 12.1. The van der Waals surface area contributed by atoms with Crippen LogP contribution in [-0.2, 0) is 28.6 Å². The molecule has 0 amide bonds. The minimum atomic E-state index is -0.302. The zero-order valence-electron chi connectivity index (χ0n) is 12.1. The Kier molecular flexibility index (Phi) is 15.7. The molecule has 0 spiro atoms. The van der Waals surface area contributed by atoms with Gasteiger partial charge in [0.2, 0.25) is 0 Å². The van der Waals surface area contributed by atoms with E-state index >= 15 is 0 Å². The van der Waals surface area contributed by atoms with Crippen LogP contribution in [0, 0.1) is 5.92 Å². The Morgan fingerprint density at radius 3 is 1.79 bits per heavy atom. The van der Waals surface area contributed by atoms with Crippen LogP contribution in [0.2, 0.25) is 0 Å². The summed E-state index contributed by atoms with van der Waals surface area (Å²) in [4.78, 5) is 27.8. The van der Waals surface area contributed by atoms with Crippen LogP contribution in [0.25, 0.3) is 0 Å². The molecule has 1 atom stereocenters. The van der Waals surface area contributed by atoms with Crippen LogP contribution in [0.5, 0.6) is 0 Å². The van der Waals surface area contributed by atoms with Gasteiger partial charge in [-0.3, -0.25) is 4.79 Å². The third-order valence-electron chi connectivity index (χ3n) is 2.29. The predicted molar refractivity (Wildman–Crippen MR) is 67.1 cm³/mol. The van der Waals surface area contributed by atoms with E-state index in [2.05, 4.69) is 0 Å². The van der Waals surface area contributed by atoms with Crippen molar-refractivity contribution in [1.29, 1.82) is 0 Å². The average Bonchev–Trinajstić information content (AvgIpc) is 2.37. The number of hydrogen-bond donors (Lipinski definition) is 0. The Morgan fingerprint density at radius 2 is 1.47 bits per heavy atom. The maximum Gasteiger partial charge on any atom is 0.373 e. The number of esters is 1. The lowest BCUT2D eigenvalue weighted by molar-refractivity contribution is -0.191. The number of carbonyl (C=O) groups excluding carboxylic acids is 3. The van der Waals surface area contributed by atoms with Crippen molar-refractivity contribution in [1.82, 2.24) is 0 Å². The number of hydrogen-bond acceptors (Lipinski definition) is 6. The van der Waals surface area contributed by atoms with Gasteiger partial charge >= 0.3 is 12.1 Å². The molecule has 0 aliphatic heterocycles. The molecule has 0 radical (unpaired) electrons. The van der Waals surface area contributed by atoms with E-state index in [9.17, 15) is 4.79 Å². The SMILES string of the molecule is CCOC(=O)C(CC)CC(OCC)OCC.O=C=O. The monoisotopic (exact) mass is 276 g/mol. The third-order valence-corrected chi connectivity index (χ3v) is 2.29. The van der Waals surface area contributed by atoms with Gasteiger partial charge in [0.25, 0.3) is 0 Å². The highest BCUT2D eigenvalue weighted by atomic mass is 16.7. The quantitative estimate of drug-likeness (QED) is 0.472. The Morgan fingerprint density at radius 1 is 1.00 bits per heavy atom. The van der Waals surface area contributed by atoms with Gasteiger partial charge < -0.3 is 14.2 Å². The van der Waals surface area contributed by atoms with E-state index in [0.717, 1.165) is 6.42 Å². The van der Waals surface area contributed by atoms with Gasteiger partial charge in [-0.15, -0.1) is 0 Å². The molecule has 0 aromatic carbocycles. The lowest BCUT2D eigenvalue weighted by atomic mass is 10.0. The Labute approximate surface area is 114 Å². The number of rotatable bonds is 9.